The molecule has 0 aliphatic carbocycles. The summed E-state index contributed by atoms with van der Waals surface area (Å²) in [5, 5.41) is 40.8. The number of nitrogens with zero attached hydrogens (tertiary/aromatic N) is 17. The molecule has 10 aromatic rings. The Morgan fingerprint density at radius 1 is 0.444 bits per heavy atom. The highest BCUT2D eigenvalue weighted by molar-refractivity contribution is 14.1. The van der Waals surface area contributed by atoms with Crippen molar-refractivity contribution in [1.29, 1.82) is 0 Å². The average Bonchev–Trinajstić information content (AvgIpc) is 1.49. The van der Waals surface area contributed by atoms with Crippen molar-refractivity contribution < 1.29 is 90.2 Å². The fraction of sp³-hybridized carbons (Fsp3) is 0.351. The number of nitrogen functional groups attached to an aromatic ring is 1. The number of nitro groups is 3. The van der Waals surface area contributed by atoms with E-state index in [1.54, 1.807) is 16.8 Å². The number of carbonyl (C=O) groups excluding carboxylic acids is 2. The molecule has 0 saturated carbocycles. The molecule has 2 aromatic carbocycles. The van der Waals surface area contributed by atoms with Gasteiger partial charge in [0.2, 0.25) is 0 Å². The van der Waals surface area contributed by atoms with Crippen LogP contribution in [0, 0.1) is 33.9 Å². The number of aromatic nitrogens is 10. The van der Waals surface area contributed by atoms with E-state index >= 15 is 0 Å². The number of benzene rings is 2. The van der Waals surface area contributed by atoms with Gasteiger partial charge in [0.25, 0.3) is 17.1 Å². The molecule has 4 N–H and O–H groups in total. The zero-order valence-corrected chi connectivity index (χ0v) is 73.5. The first-order valence-corrected chi connectivity index (χ1v) is 38.1. The third-order valence-corrected chi connectivity index (χ3v) is 18.2. The third-order valence-electron chi connectivity index (χ3n) is 16.0. The van der Waals surface area contributed by atoms with Crippen LogP contribution in [-0.4, -0.2) is 132 Å². The lowest BCUT2D eigenvalue weighted by atomic mass is 9.92. The van der Waals surface area contributed by atoms with Gasteiger partial charge in [-0.1, -0.05) is 100 Å². The van der Waals surface area contributed by atoms with Gasteiger partial charge in [0.15, 0.2) is 0 Å². The van der Waals surface area contributed by atoms with Gasteiger partial charge < -0.3 is 31.1 Å². The van der Waals surface area contributed by atoms with E-state index in [4.69, 9.17) is 63.0 Å². The topological polar surface area (TPSA) is 342 Å². The standard InChI is InChI=1S/C25H28ClF3N4O.C14H18ClN3.C11H13F3N2O.C8H8F3N3O2.C8H10F3N3.C6H2ClF3N2O2.C5H2ClIN2O2/c1-24(2,3)22-14-19(33(31-22)18-8-6-7-17(26)13-18)9-10-20(34)11-16-12-21(25(27,28)29)23(30-15-16)32(4)5;1-14(2,3)13-8-12(9-16)18(17-13)11-6-4-5-10(15)7-11;1-7(17)4-8-5-9(11(12,13)14)10(15-6-8)16(2)3;1-13(2)7-6(8(9,10)11)3-5(4-12-7)14(15)16;1-14(2)7-6(8(9,10)11)3-5(12)4-13-7;7-5-4(6(8,9)10)1-3(2-11-5)12(13)14;6-5-4(7)1-3(2-8-5)9(10)11/h6-8,12-15H,9-11H2,1-5H3;4-8H,9,16H2,1-3H3;5-6H,4H2,1-3H3;3-4H,1-2H3;3-4H,12H2,1-2H3;1-2H;1-2H. The highest BCUT2D eigenvalue weighted by Crippen LogP contribution is 2.41. The van der Waals surface area contributed by atoms with Crippen LogP contribution in [0.25, 0.3) is 11.4 Å². The lowest BCUT2D eigenvalue weighted by molar-refractivity contribution is -0.385. The van der Waals surface area contributed by atoms with Crippen molar-refractivity contribution in [3.8, 4) is 11.4 Å². The van der Waals surface area contributed by atoms with E-state index < -0.39 is 90.0 Å². The Morgan fingerprint density at radius 3 is 1.13 bits per heavy atom. The van der Waals surface area contributed by atoms with Gasteiger partial charge in [0.05, 0.1) is 75.4 Å². The van der Waals surface area contributed by atoms with Crippen LogP contribution >= 0.6 is 69.0 Å². The van der Waals surface area contributed by atoms with Crippen molar-refractivity contribution in [3.63, 3.8) is 0 Å². The zero-order chi connectivity index (χ0) is 94.6. The molecule has 0 bridgehead atoms. The Bertz CT molecular complexity index is 5370. The van der Waals surface area contributed by atoms with E-state index in [2.05, 4.69) is 82.6 Å². The summed E-state index contributed by atoms with van der Waals surface area (Å²) in [7, 11) is 11.7. The Labute approximate surface area is 733 Å². The normalized spacial score (nSPS) is 11.5. The molecule has 0 atom stereocenters. The molecule has 124 heavy (non-hydrogen) atoms. The summed E-state index contributed by atoms with van der Waals surface area (Å²) in [6.07, 6.45) is -16.1. The van der Waals surface area contributed by atoms with Gasteiger partial charge in [-0.05, 0) is 114 Å². The van der Waals surface area contributed by atoms with Gasteiger partial charge in [0, 0.05) is 139 Å². The fourth-order valence-electron chi connectivity index (χ4n) is 10.2. The highest BCUT2D eigenvalue weighted by Gasteiger charge is 2.40. The van der Waals surface area contributed by atoms with Gasteiger partial charge >= 0.3 is 30.9 Å². The third kappa shape index (κ3) is 32.3. The number of halogens is 20. The van der Waals surface area contributed by atoms with Crippen LogP contribution in [0.1, 0.15) is 117 Å². The van der Waals surface area contributed by atoms with Crippen molar-refractivity contribution in [2.75, 3.05) is 81.7 Å². The van der Waals surface area contributed by atoms with Gasteiger partial charge in [0.1, 0.15) is 74.9 Å². The molecule has 0 fully saturated rings. The van der Waals surface area contributed by atoms with Crippen LogP contribution in [0.4, 0.5) is 112 Å². The molecule has 0 unspecified atom stereocenters. The number of anilines is 5. The predicted octanol–water partition coefficient (Wildman–Crippen LogP) is 20.4. The summed E-state index contributed by atoms with van der Waals surface area (Å²) in [6, 6.07) is 24.0. The van der Waals surface area contributed by atoms with Crippen LogP contribution < -0.4 is 31.1 Å². The Hall–Kier alpha value is -10.9. The molecule has 47 heteroatoms. The maximum absolute atomic E-state index is 13.5. The van der Waals surface area contributed by atoms with Crippen molar-refractivity contribution in [3.05, 3.63) is 250 Å². The van der Waals surface area contributed by atoms with Crippen molar-refractivity contribution in [2.24, 2.45) is 5.73 Å². The van der Waals surface area contributed by atoms with Gasteiger partial charge in [-0.15, -0.1) is 0 Å². The molecular formula is C77H81Cl4F15IN19O8. The van der Waals surface area contributed by atoms with Gasteiger partial charge in [-0.2, -0.15) is 76.1 Å². The van der Waals surface area contributed by atoms with Crippen molar-refractivity contribution in [1.82, 2.24) is 49.5 Å². The van der Waals surface area contributed by atoms with Crippen LogP contribution in [0.3, 0.4) is 0 Å². The number of ketones is 2. The maximum atomic E-state index is 13.5. The number of Topliss-reactive ketones (excluding diaryl/α,β-unsaturated/α-hetero) is 2. The number of aryl methyl sites for hydroxylation is 1. The molecule has 0 spiro atoms. The summed E-state index contributed by atoms with van der Waals surface area (Å²) in [5.41, 5.74) is 10.4. The molecule has 8 aromatic heterocycles. The van der Waals surface area contributed by atoms with Crippen LogP contribution in [0.5, 0.6) is 0 Å². The maximum Gasteiger partial charge on any atom is 0.420 e. The summed E-state index contributed by atoms with van der Waals surface area (Å²) in [4.78, 5) is 78.3. The molecule has 10 rings (SSSR count). The van der Waals surface area contributed by atoms with Crippen LogP contribution in [0.15, 0.2) is 134 Å². The van der Waals surface area contributed by atoms with Gasteiger partial charge in [-0.25, -0.2) is 39.3 Å². The van der Waals surface area contributed by atoms with Crippen LogP contribution in [0.2, 0.25) is 20.4 Å². The van der Waals surface area contributed by atoms with Gasteiger partial charge in [-0.3, -0.25) is 39.9 Å². The molecule has 27 nitrogen and oxygen atoms in total. The summed E-state index contributed by atoms with van der Waals surface area (Å²) < 4.78 is 194. The molecule has 8 heterocycles. The highest BCUT2D eigenvalue weighted by atomic mass is 127. The number of pyridine rings is 6. The smallest absolute Gasteiger partial charge is 0.397 e. The number of nitrogens with two attached hydrogens (primary N) is 2. The first kappa shape index (κ1) is 105. The fourth-order valence-corrected chi connectivity index (χ4v) is 11.3. The number of hydrogen-bond acceptors (Lipinski definition) is 22. The molecule has 0 aliphatic rings. The molecule has 0 saturated heterocycles. The average molecular weight is 1950 g/mol. The number of rotatable bonds is 17. The zero-order valence-electron chi connectivity index (χ0n) is 68.3. The second-order valence-corrected chi connectivity index (χ2v) is 31.8. The van der Waals surface area contributed by atoms with Crippen molar-refractivity contribution >= 4 is 127 Å². The quantitative estimate of drug-likeness (QED) is 0.0281. The second kappa shape index (κ2) is 44.1. The van der Waals surface area contributed by atoms with E-state index in [0.717, 1.165) is 69.6 Å². The molecule has 0 aliphatic heterocycles. The summed E-state index contributed by atoms with van der Waals surface area (Å²) in [6.45, 7) is 14.3. The number of hydrogen-bond donors (Lipinski definition) is 2. The van der Waals surface area contributed by atoms with E-state index in [9.17, 15) is 106 Å². The first-order valence-electron chi connectivity index (χ1n) is 35.5. The van der Waals surface area contributed by atoms with Crippen LogP contribution in [-0.2, 0) is 77.1 Å². The number of alkyl halides is 15. The molecule has 672 valence electrons. The van der Waals surface area contributed by atoms with E-state index in [0.29, 0.717) is 44.9 Å². The second-order valence-electron chi connectivity index (χ2n) is 29.1. The Morgan fingerprint density at radius 2 is 0.774 bits per heavy atom. The summed E-state index contributed by atoms with van der Waals surface area (Å²) >= 11 is 24.7. The summed E-state index contributed by atoms with van der Waals surface area (Å²) in [5.74, 6) is -1.18. The Kier molecular flexibility index (Phi) is 37.5. The minimum Gasteiger partial charge on any atom is -0.397 e. The van der Waals surface area contributed by atoms with E-state index in [-0.39, 0.29) is 92.6 Å². The van der Waals surface area contributed by atoms with E-state index in [1.165, 1.54) is 103 Å². The largest absolute Gasteiger partial charge is 0.420 e. The molecular weight excluding hydrogens is 1870 g/mol. The predicted molar refractivity (Wildman–Crippen MR) is 449 cm³/mol. The monoisotopic (exact) mass is 1950 g/mol. The Balaban J connectivity index is 0.000000314. The number of carbonyl (C=O) groups is 2. The minimum absolute atomic E-state index is 0.00271. The lowest BCUT2D eigenvalue weighted by Gasteiger charge is -2.18. The SMILES string of the molecule is CC(=O)Cc1cnc(N(C)C)c(C(F)(F)F)c1.CC(C)(C)c1cc(CN)n(-c2cccc(Cl)c2)n1.CN(C)c1ncc(CC(=O)CCc2cc(C(C)(C)C)nn2-c2cccc(Cl)c2)cc1C(F)(F)F.CN(C)c1ncc(N)cc1C(F)(F)F.CN(C)c1ncc([N+](=O)[O-])cc1C(F)(F)F.O=[N+]([O-])c1cnc(Cl)c(C(F)(F)F)c1.O=[N+]([O-])c1cnc(Cl)c(I)c1. The van der Waals surface area contributed by atoms with Crippen molar-refractivity contribution in [2.45, 2.75) is 122 Å². The molecule has 0 radical (unpaired) electrons. The minimum atomic E-state index is -4.74. The lowest BCUT2D eigenvalue weighted by Crippen LogP contribution is -2.19. The molecule has 0 amide bonds. The first-order chi connectivity index (χ1) is 56.9. The van der Waals surface area contributed by atoms with E-state index in [1.807, 2.05) is 69.7 Å².